The van der Waals surface area contributed by atoms with Gasteiger partial charge in [-0.05, 0) is 51.7 Å². The van der Waals surface area contributed by atoms with E-state index in [0.29, 0.717) is 17.8 Å². The van der Waals surface area contributed by atoms with Gasteiger partial charge in [-0.2, -0.15) is 0 Å². The molecule has 0 radical (unpaired) electrons. The molecule has 0 atom stereocenters. The Morgan fingerprint density at radius 1 is 0.882 bits per heavy atom. The molecular weight excluding hydrogens is 426 g/mol. The van der Waals surface area contributed by atoms with Crippen molar-refractivity contribution in [1.82, 2.24) is 15.3 Å². The first-order valence-corrected chi connectivity index (χ1v) is 10.8. The molecule has 34 heavy (non-hydrogen) atoms. The fourth-order valence-electron chi connectivity index (χ4n) is 4.15. The van der Waals surface area contributed by atoms with Crippen LogP contribution in [-0.2, 0) is 11.3 Å². The van der Waals surface area contributed by atoms with E-state index in [2.05, 4.69) is 15.3 Å². The number of carbonyl (C=O) groups excluding carboxylic acids is 2. The fraction of sp³-hybridized carbons (Fsp3) is 0.0714. The Morgan fingerprint density at radius 2 is 1.76 bits per heavy atom. The lowest BCUT2D eigenvalue weighted by molar-refractivity contribution is 0.0600. The van der Waals surface area contributed by atoms with Gasteiger partial charge in [0, 0.05) is 35.9 Å². The highest BCUT2D eigenvalue weighted by atomic mass is 16.5. The van der Waals surface area contributed by atoms with Gasteiger partial charge in [0.25, 0.3) is 5.91 Å². The van der Waals surface area contributed by atoms with Crippen molar-refractivity contribution in [2.75, 3.05) is 7.11 Å². The molecule has 2 aromatic heterocycles. The highest BCUT2D eigenvalue weighted by Crippen LogP contribution is 2.31. The van der Waals surface area contributed by atoms with Gasteiger partial charge in [-0.3, -0.25) is 14.8 Å². The van der Waals surface area contributed by atoms with E-state index in [0.717, 1.165) is 38.2 Å². The zero-order valence-electron chi connectivity index (χ0n) is 18.5. The molecule has 3 aromatic carbocycles. The average molecular weight is 447 g/mol. The summed E-state index contributed by atoms with van der Waals surface area (Å²) in [6.45, 7) is 0.328. The first-order chi connectivity index (χ1) is 16.7. The van der Waals surface area contributed by atoms with Crippen LogP contribution in [0.1, 0.15) is 26.4 Å². The number of rotatable bonds is 5. The Labute approximate surface area is 196 Å². The third-order valence-electron chi connectivity index (χ3n) is 5.83. The van der Waals surface area contributed by atoms with Crippen molar-refractivity contribution in [2.45, 2.75) is 6.54 Å². The van der Waals surface area contributed by atoms with Gasteiger partial charge in [-0.25, -0.2) is 4.79 Å². The summed E-state index contributed by atoms with van der Waals surface area (Å²) in [7, 11) is 1.37. The van der Waals surface area contributed by atoms with Crippen LogP contribution < -0.4 is 5.32 Å². The summed E-state index contributed by atoms with van der Waals surface area (Å²) < 4.78 is 4.86. The standard InChI is InChI=1S/C28H21N3O3/c1-34-28(33)20-7-4-6-19(15-20)22-10-9-21(25-17-29-13-12-24(22)25)16-31-27(32)26-23-8-3-2-5-18(23)11-14-30-26/h2-15,17H,16H2,1H3,(H,31,32). The van der Waals surface area contributed by atoms with Crippen molar-refractivity contribution in [2.24, 2.45) is 0 Å². The molecule has 0 saturated heterocycles. The van der Waals surface area contributed by atoms with Crippen molar-refractivity contribution in [3.63, 3.8) is 0 Å². The number of carbonyl (C=O) groups is 2. The number of aromatic nitrogens is 2. The van der Waals surface area contributed by atoms with E-state index in [-0.39, 0.29) is 11.9 Å². The molecule has 0 unspecified atom stereocenters. The number of nitrogens with one attached hydrogen (secondary N) is 1. The SMILES string of the molecule is COC(=O)c1cccc(-c2ccc(CNC(=O)c3nccc4ccccc34)c3cnccc23)c1. The molecule has 0 bridgehead atoms. The van der Waals surface area contributed by atoms with Gasteiger partial charge < -0.3 is 10.1 Å². The van der Waals surface area contributed by atoms with Crippen LogP contribution >= 0.6 is 0 Å². The highest BCUT2D eigenvalue weighted by Gasteiger charge is 2.14. The number of ether oxygens (including phenoxy) is 1. The van der Waals surface area contributed by atoms with Crippen molar-refractivity contribution >= 4 is 33.4 Å². The van der Waals surface area contributed by atoms with E-state index in [1.165, 1.54) is 7.11 Å². The largest absolute Gasteiger partial charge is 0.465 e. The second kappa shape index (κ2) is 9.11. The molecule has 0 aliphatic carbocycles. The number of hydrogen-bond acceptors (Lipinski definition) is 5. The summed E-state index contributed by atoms with van der Waals surface area (Å²) in [4.78, 5) is 33.5. The van der Waals surface area contributed by atoms with Gasteiger partial charge in [0.2, 0.25) is 0 Å². The minimum atomic E-state index is -0.380. The molecule has 6 heteroatoms. The molecule has 1 N–H and O–H groups in total. The molecule has 2 heterocycles. The maximum absolute atomic E-state index is 13.0. The Balaban J connectivity index is 1.47. The molecule has 0 spiro atoms. The minimum Gasteiger partial charge on any atom is -0.465 e. The molecule has 0 fully saturated rings. The van der Waals surface area contributed by atoms with Gasteiger partial charge in [0.1, 0.15) is 5.69 Å². The molecule has 0 aliphatic heterocycles. The zero-order valence-corrected chi connectivity index (χ0v) is 18.5. The van der Waals surface area contributed by atoms with Gasteiger partial charge in [0.15, 0.2) is 0 Å². The number of nitrogens with zero attached hydrogens (tertiary/aromatic N) is 2. The first kappa shape index (κ1) is 21.3. The third-order valence-corrected chi connectivity index (χ3v) is 5.83. The molecule has 0 aliphatic rings. The fourth-order valence-corrected chi connectivity index (χ4v) is 4.15. The van der Waals surface area contributed by atoms with E-state index < -0.39 is 0 Å². The number of benzene rings is 3. The monoisotopic (exact) mass is 447 g/mol. The van der Waals surface area contributed by atoms with E-state index in [4.69, 9.17) is 4.74 Å². The van der Waals surface area contributed by atoms with Crippen LogP contribution in [0.25, 0.3) is 32.7 Å². The smallest absolute Gasteiger partial charge is 0.337 e. The van der Waals surface area contributed by atoms with Gasteiger partial charge in [-0.1, -0.05) is 48.5 Å². The number of hydrogen-bond donors (Lipinski definition) is 1. The number of esters is 1. The summed E-state index contributed by atoms with van der Waals surface area (Å²) in [6.07, 6.45) is 5.17. The number of pyridine rings is 2. The van der Waals surface area contributed by atoms with Crippen LogP contribution in [-0.4, -0.2) is 29.0 Å². The number of amides is 1. The van der Waals surface area contributed by atoms with Gasteiger partial charge in [-0.15, -0.1) is 0 Å². The lowest BCUT2D eigenvalue weighted by atomic mass is 9.95. The van der Waals surface area contributed by atoms with Crippen molar-refractivity contribution in [3.05, 3.63) is 108 Å². The lowest BCUT2D eigenvalue weighted by Gasteiger charge is -2.13. The Kier molecular flexibility index (Phi) is 5.70. The average Bonchev–Trinajstić information content (AvgIpc) is 2.90. The first-order valence-electron chi connectivity index (χ1n) is 10.8. The molecule has 166 valence electrons. The topological polar surface area (TPSA) is 81.2 Å². The number of methoxy groups -OCH3 is 1. The summed E-state index contributed by atoms with van der Waals surface area (Å²) in [5.74, 6) is -0.613. The molecular formula is C28H21N3O3. The minimum absolute atomic E-state index is 0.233. The second-order valence-corrected chi connectivity index (χ2v) is 7.83. The summed E-state index contributed by atoms with van der Waals surface area (Å²) in [5.41, 5.74) is 3.69. The van der Waals surface area contributed by atoms with Crippen molar-refractivity contribution < 1.29 is 14.3 Å². The Bertz CT molecular complexity index is 1540. The van der Waals surface area contributed by atoms with Crippen molar-refractivity contribution in [3.8, 4) is 11.1 Å². The summed E-state index contributed by atoms with van der Waals surface area (Å²) >= 11 is 0. The summed E-state index contributed by atoms with van der Waals surface area (Å²) in [5, 5.41) is 6.69. The predicted octanol–water partition coefficient (Wildman–Crippen LogP) is 5.17. The molecule has 1 amide bonds. The van der Waals surface area contributed by atoms with E-state index >= 15 is 0 Å². The van der Waals surface area contributed by atoms with Crippen LogP contribution in [0.4, 0.5) is 0 Å². The molecule has 5 aromatic rings. The highest BCUT2D eigenvalue weighted by molar-refractivity contribution is 6.05. The van der Waals surface area contributed by atoms with Crippen LogP contribution in [0.3, 0.4) is 0 Å². The maximum Gasteiger partial charge on any atom is 0.337 e. The molecule has 6 nitrogen and oxygen atoms in total. The van der Waals surface area contributed by atoms with Crippen LogP contribution in [0.15, 0.2) is 91.4 Å². The normalized spacial score (nSPS) is 10.9. The van der Waals surface area contributed by atoms with Crippen LogP contribution in [0.2, 0.25) is 0 Å². The van der Waals surface area contributed by atoms with Crippen LogP contribution in [0, 0.1) is 0 Å². The van der Waals surface area contributed by atoms with Gasteiger partial charge >= 0.3 is 5.97 Å². The van der Waals surface area contributed by atoms with E-state index in [1.807, 2.05) is 66.7 Å². The second-order valence-electron chi connectivity index (χ2n) is 7.83. The van der Waals surface area contributed by atoms with Crippen LogP contribution in [0.5, 0.6) is 0 Å². The van der Waals surface area contributed by atoms with Gasteiger partial charge in [0.05, 0.1) is 12.7 Å². The Hall–Kier alpha value is -4.58. The molecule has 5 rings (SSSR count). The molecule has 0 saturated carbocycles. The maximum atomic E-state index is 13.0. The predicted molar refractivity (Wildman–Crippen MR) is 131 cm³/mol. The lowest BCUT2D eigenvalue weighted by Crippen LogP contribution is -2.24. The number of fused-ring (bicyclic) bond motifs is 2. The third kappa shape index (κ3) is 3.97. The van der Waals surface area contributed by atoms with E-state index in [1.54, 1.807) is 24.7 Å². The zero-order chi connectivity index (χ0) is 23.5. The van der Waals surface area contributed by atoms with E-state index in [9.17, 15) is 9.59 Å². The quantitative estimate of drug-likeness (QED) is 0.376. The van der Waals surface area contributed by atoms with Crippen molar-refractivity contribution in [1.29, 1.82) is 0 Å². The Morgan fingerprint density at radius 3 is 2.65 bits per heavy atom. The summed E-state index contributed by atoms with van der Waals surface area (Å²) in [6, 6.07) is 22.8.